The predicted octanol–water partition coefficient (Wildman–Crippen LogP) is 5.57. The highest BCUT2D eigenvalue weighted by Crippen LogP contribution is 2.45. The fourth-order valence-electron chi connectivity index (χ4n) is 4.86. The van der Waals surface area contributed by atoms with Gasteiger partial charge in [-0.1, -0.05) is 54.1 Å². The Hall–Kier alpha value is -4.40. The highest BCUT2D eigenvalue weighted by Gasteiger charge is 2.43. The average Bonchev–Trinajstić information content (AvgIpc) is 3.42. The van der Waals surface area contributed by atoms with Gasteiger partial charge in [0.1, 0.15) is 18.1 Å². The van der Waals surface area contributed by atoms with Gasteiger partial charge in [-0.05, 0) is 47.5 Å². The van der Waals surface area contributed by atoms with E-state index in [1.807, 2.05) is 54.6 Å². The minimum atomic E-state index is -0.593. The molecule has 0 radical (unpaired) electrons. The van der Waals surface area contributed by atoms with Crippen LogP contribution in [0.25, 0.3) is 0 Å². The second-order valence-corrected chi connectivity index (χ2v) is 9.42. The lowest BCUT2D eigenvalue weighted by Crippen LogP contribution is -2.46. The molecule has 1 atom stereocenters. The van der Waals surface area contributed by atoms with Gasteiger partial charge in [0.2, 0.25) is 0 Å². The summed E-state index contributed by atoms with van der Waals surface area (Å²) in [6.07, 6.45) is 1.13. The molecule has 9 heteroatoms. The Morgan fingerprint density at radius 1 is 1.00 bits per heavy atom. The number of nitrogens with one attached hydrogen (secondary N) is 2. The number of nitrogens with zero attached hydrogens (tertiary/aromatic N) is 2. The summed E-state index contributed by atoms with van der Waals surface area (Å²) in [4.78, 5) is 28.1. The minimum absolute atomic E-state index is 0.0898. The molecule has 4 aromatic rings. The van der Waals surface area contributed by atoms with Gasteiger partial charge in [-0.15, -0.1) is 0 Å². The van der Waals surface area contributed by atoms with Crippen LogP contribution in [0.15, 0.2) is 96.3 Å². The van der Waals surface area contributed by atoms with Crippen LogP contribution in [0.3, 0.4) is 0 Å². The van der Waals surface area contributed by atoms with Crippen molar-refractivity contribution in [1.82, 2.24) is 15.5 Å². The maximum absolute atomic E-state index is 13.4. The van der Waals surface area contributed by atoms with Crippen LogP contribution in [0.5, 0.6) is 11.5 Å². The Labute approximate surface area is 223 Å². The van der Waals surface area contributed by atoms with Gasteiger partial charge in [0.25, 0.3) is 0 Å². The summed E-state index contributed by atoms with van der Waals surface area (Å²) in [5.74, 6) is 1.15. The van der Waals surface area contributed by atoms with Crippen molar-refractivity contribution >= 4 is 29.3 Å². The predicted molar refractivity (Wildman–Crippen MR) is 142 cm³/mol. The smallest absolute Gasteiger partial charge is 0.420 e. The number of aromatic nitrogens is 2. The first-order valence-electron chi connectivity index (χ1n) is 12.1. The van der Waals surface area contributed by atoms with Crippen LogP contribution in [-0.4, -0.2) is 35.2 Å². The molecule has 1 amide bonds. The maximum Gasteiger partial charge on any atom is 0.420 e. The van der Waals surface area contributed by atoms with E-state index in [2.05, 4.69) is 15.5 Å². The van der Waals surface area contributed by atoms with E-state index >= 15 is 0 Å². The lowest BCUT2D eigenvalue weighted by Gasteiger charge is -2.37. The number of hydrogen-bond donors (Lipinski definition) is 2. The Morgan fingerprint density at radius 3 is 2.63 bits per heavy atom. The lowest BCUT2D eigenvalue weighted by atomic mass is 9.79. The van der Waals surface area contributed by atoms with E-state index in [1.165, 1.54) is 4.90 Å². The van der Waals surface area contributed by atoms with Crippen molar-refractivity contribution in [2.24, 2.45) is 0 Å². The zero-order valence-corrected chi connectivity index (χ0v) is 20.9. The molecule has 1 aromatic heterocycles. The van der Waals surface area contributed by atoms with Crippen molar-refractivity contribution in [1.29, 1.82) is 0 Å². The van der Waals surface area contributed by atoms with Crippen LogP contribution in [-0.2, 0) is 16.1 Å². The van der Waals surface area contributed by atoms with Gasteiger partial charge < -0.3 is 14.8 Å². The molecule has 1 unspecified atom stereocenters. The van der Waals surface area contributed by atoms with Crippen molar-refractivity contribution in [2.45, 2.75) is 12.5 Å². The van der Waals surface area contributed by atoms with Crippen molar-refractivity contribution in [3.63, 3.8) is 0 Å². The summed E-state index contributed by atoms with van der Waals surface area (Å²) < 4.78 is 11.7. The van der Waals surface area contributed by atoms with Crippen LogP contribution in [0, 0.1) is 0 Å². The Kier molecular flexibility index (Phi) is 6.41. The summed E-state index contributed by atoms with van der Waals surface area (Å²) in [5.41, 5.74) is 3.49. The van der Waals surface area contributed by atoms with Crippen molar-refractivity contribution in [3.8, 4) is 11.5 Å². The lowest BCUT2D eigenvalue weighted by molar-refractivity contribution is -0.115. The highest BCUT2D eigenvalue weighted by molar-refractivity contribution is 6.30. The van der Waals surface area contributed by atoms with Gasteiger partial charge in [0, 0.05) is 34.8 Å². The van der Waals surface area contributed by atoms with E-state index in [-0.39, 0.29) is 18.9 Å². The summed E-state index contributed by atoms with van der Waals surface area (Å²) in [6, 6.07) is 24.1. The van der Waals surface area contributed by atoms with Crippen molar-refractivity contribution in [2.75, 3.05) is 18.0 Å². The van der Waals surface area contributed by atoms with Gasteiger partial charge in [0.05, 0.1) is 12.2 Å². The molecule has 2 aliphatic rings. The molecule has 190 valence electrons. The monoisotopic (exact) mass is 526 g/mol. The third-order valence-corrected chi connectivity index (χ3v) is 6.80. The zero-order valence-electron chi connectivity index (χ0n) is 20.2. The quantitative estimate of drug-likeness (QED) is 0.353. The Morgan fingerprint density at radius 2 is 1.82 bits per heavy atom. The first-order valence-corrected chi connectivity index (χ1v) is 12.5. The molecule has 3 aromatic carbocycles. The summed E-state index contributed by atoms with van der Waals surface area (Å²) in [7, 11) is 0. The topological polar surface area (TPSA) is 96.5 Å². The van der Waals surface area contributed by atoms with E-state index in [0.29, 0.717) is 45.7 Å². The molecule has 0 aliphatic carbocycles. The van der Waals surface area contributed by atoms with Gasteiger partial charge in [-0.25, -0.2) is 9.69 Å². The number of H-pyrrole nitrogens is 1. The van der Waals surface area contributed by atoms with E-state index in [0.717, 1.165) is 11.1 Å². The number of halogens is 1. The molecule has 2 N–H and O–H groups in total. The Balaban J connectivity index is 1.36. The molecular formula is C29H23ClN4O4. The summed E-state index contributed by atoms with van der Waals surface area (Å²) in [5, 5.41) is 11.0. The molecular weight excluding hydrogens is 504 g/mol. The Bertz CT molecular complexity index is 1530. The number of amides is 1. The maximum atomic E-state index is 13.4. The largest absolute Gasteiger partial charge is 0.457 e. The van der Waals surface area contributed by atoms with E-state index < -0.39 is 12.0 Å². The number of benzene rings is 3. The van der Waals surface area contributed by atoms with Gasteiger partial charge >= 0.3 is 6.09 Å². The van der Waals surface area contributed by atoms with Gasteiger partial charge in [0.15, 0.2) is 11.6 Å². The summed E-state index contributed by atoms with van der Waals surface area (Å²) >= 11 is 6.00. The fourth-order valence-corrected chi connectivity index (χ4v) is 4.99. The van der Waals surface area contributed by atoms with Crippen molar-refractivity contribution < 1.29 is 19.1 Å². The number of rotatable bonds is 5. The van der Waals surface area contributed by atoms with Gasteiger partial charge in [-0.2, -0.15) is 5.10 Å². The van der Waals surface area contributed by atoms with E-state index in [4.69, 9.17) is 21.1 Å². The minimum Gasteiger partial charge on any atom is -0.457 e. The van der Waals surface area contributed by atoms with E-state index in [1.54, 1.807) is 30.5 Å². The van der Waals surface area contributed by atoms with Crippen LogP contribution >= 0.6 is 11.6 Å². The van der Waals surface area contributed by atoms with Crippen LogP contribution in [0.1, 0.15) is 22.6 Å². The molecule has 0 bridgehead atoms. The van der Waals surface area contributed by atoms with Crippen LogP contribution in [0.2, 0.25) is 5.02 Å². The first kappa shape index (κ1) is 24.0. The fraction of sp³-hybridized carbons (Fsp3) is 0.138. The second kappa shape index (κ2) is 10.2. The number of anilines is 1. The molecule has 2 aliphatic heterocycles. The average molecular weight is 527 g/mol. The van der Waals surface area contributed by atoms with E-state index in [9.17, 15) is 9.59 Å². The molecule has 8 nitrogen and oxygen atoms in total. The molecule has 38 heavy (non-hydrogen) atoms. The number of hydrogen-bond acceptors (Lipinski definition) is 6. The second-order valence-electron chi connectivity index (χ2n) is 8.99. The van der Waals surface area contributed by atoms with Crippen molar-refractivity contribution in [3.05, 3.63) is 118 Å². The number of ether oxygens (including phenoxy) is 2. The number of fused-ring (bicyclic) bond motifs is 1. The third-order valence-electron chi connectivity index (χ3n) is 6.55. The standard InChI is InChI=1S/C29H23ClN4O4/c30-20-9-11-21(12-10-20)38-22-8-4-7-19(13-22)26-23-14-32-33-28(23)34(24-15-31-16-25(35)27(24)26)29(36)37-17-18-5-2-1-3-6-18/h1-14,26,31H,15-17H2,(H,32,33). The molecule has 0 saturated carbocycles. The molecule has 0 saturated heterocycles. The normalized spacial score (nSPS) is 16.6. The number of carbonyl (C=O) groups excluding carboxylic acids is 2. The number of ketones is 1. The number of Topliss-reactive ketones (excluding diaryl/α,β-unsaturated/α-hetero) is 1. The highest BCUT2D eigenvalue weighted by atomic mass is 35.5. The molecule has 3 heterocycles. The van der Waals surface area contributed by atoms with Gasteiger partial charge in [-0.3, -0.25) is 9.89 Å². The number of aromatic amines is 1. The molecule has 6 rings (SSSR count). The SMILES string of the molecule is O=C1CNCC2=C1C(c1cccc(Oc3ccc(Cl)cc3)c1)c1c[nH]nc1N2C(=O)OCc1ccccc1. The molecule has 0 spiro atoms. The van der Waals surface area contributed by atoms with Crippen LogP contribution in [0.4, 0.5) is 10.6 Å². The first-order chi connectivity index (χ1) is 18.6. The zero-order chi connectivity index (χ0) is 26.1. The number of carbonyl (C=O) groups is 2. The molecule has 0 fully saturated rings. The van der Waals surface area contributed by atoms with Crippen LogP contribution < -0.4 is 15.0 Å². The third kappa shape index (κ3) is 4.55. The summed E-state index contributed by atoms with van der Waals surface area (Å²) in [6.45, 7) is 0.606.